The van der Waals surface area contributed by atoms with Gasteiger partial charge in [0.2, 0.25) is 5.91 Å². The maximum Gasteiger partial charge on any atom is 0.220 e. The number of ether oxygens (including phenoxy) is 2. The topological polar surface area (TPSA) is 149 Å². The zero-order valence-electron chi connectivity index (χ0n) is 39.5. The SMILES string of the molecule is CC/C=C\C/C=C\C/C=C\C/C=C\C/C=C\C/C=C\C/C=C\C/C=C\CCCCC(=O)NC(COC1OC(CO)C(O)C(O)C1O)C(O)/C=C/CC/C=C/CC/C=C/CCCCCC. The zero-order chi connectivity index (χ0) is 46.6. The highest BCUT2D eigenvalue weighted by molar-refractivity contribution is 5.76. The molecule has 1 fully saturated rings. The number of hydrogen-bond acceptors (Lipinski definition) is 8. The van der Waals surface area contributed by atoms with E-state index < -0.39 is 49.5 Å². The van der Waals surface area contributed by atoms with E-state index in [2.05, 4.69) is 141 Å². The lowest BCUT2D eigenvalue weighted by molar-refractivity contribution is -0.302. The van der Waals surface area contributed by atoms with Crippen LogP contribution in [0.15, 0.2) is 134 Å². The molecule has 0 aromatic carbocycles. The summed E-state index contributed by atoms with van der Waals surface area (Å²) in [6.07, 6.45) is 59.3. The van der Waals surface area contributed by atoms with Crippen molar-refractivity contribution in [3.8, 4) is 0 Å². The van der Waals surface area contributed by atoms with Crippen LogP contribution in [-0.2, 0) is 14.3 Å². The minimum absolute atomic E-state index is 0.234. The Labute approximate surface area is 388 Å². The lowest BCUT2D eigenvalue weighted by Gasteiger charge is -2.40. The molecule has 7 atom stereocenters. The second-order valence-electron chi connectivity index (χ2n) is 16.1. The first kappa shape index (κ1) is 58.3. The summed E-state index contributed by atoms with van der Waals surface area (Å²) in [4.78, 5) is 13.0. The quantitative estimate of drug-likeness (QED) is 0.0265. The van der Waals surface area contributed by atoms with Gasteiger partial charge in [0, 0.05) is 6.42 Å². The van der Waals surface area contributed by atoms with Crippen LogP contribution < -0.4 is 5.32 Å². The normalized spacial score (nSPS) is 21.3. The molecule has 7 unspecified atom stereocenters. The molecule has 1 aliphatic heterocycles. The summed E-state index contributed by atoms with van der Waals surface area (Å²) in [5.41, 5.74) is 0. The molecule has 0 aromatic heterocycles. The number of carbonyl (C=O) groups is 1. The predicted octanol–water partition coefficient (Wildman–Crippen LogP) is 11.0. The summed E-state index contributed by atoms with van der Waals surface area (Å²) in [6, 6.07) is -0.861. The molecule has 1 heterocycles. The molecule has 1 saturated heterocycles. The van der Waals surface area contributed by atoms with Crippen molar-refractivity contribution in [1.82, 2.24) is 5.32 Å². The van der Waals surface area contributed by atoms with Gasteiger partial charge in [-0.1, -0.05) is 167 Å². The van der Waals surface area contributed by atoms with Crippen molar-refractivity contribution in [2.75, 3.05) is 13.2 Å². The van der Waals surface area contributed by atoms with Crippen molar-refractivity contribution < 1.29 is 39.8 Å². The van der Waals surface area contributed by atoms with Crippen LogP contribution in [0.4, 0.5) is 0 Å². The average Bonchev–Trinajstić information content (AvgIpc) is 3.29. The minimum Gasteiger partial charge on any atom is -0.394 e. The van der Waals surface area contributed by atoms with Crippen molar-refractivity contribution in [3.05, 3.63) is 134 Å². The van der Waals surface area contributed by atoms with E-state index in [1.807, 2.05) is 6.08 Å². The van der Waals surface area contributed by atoms with E-state index >= 15 is 0 Å². The fourth-order valence-corrected chi connectivity index (χ4v) is 6.55. The van der Waals surface area contributed by atoms with Gasteiger partial charge in [-0.25, -0.2) is 0 Å². The highest BCUT2D eigenvalue weighted by atomic mass is 16.7. The Balaban J connectivity index is 2.38. The maximum atomic E-state index is 13.0. The van der Waals surface area contributed by atoms with Gasteiger partial charge in [-0.05, 0) is 109 Å². The van der Waals surface area contributed by atoms with Crippen LogP contribution in [-0.4, -0.2) is 87.5 Å². The summed E-state index contributed by atoms with van der Waals surface area (Å²) < 4.78 is 11.2. The fourth-order valence-electron chi connectivity index (χ4n) is 6.55. The third-order valence-electron chi connectivity index (χ3n) is 10.4. The van der Waals surface area contributed by atoms with Crippen LogP contribution in [0.3, 0.4) is 0 Å². The van der Waals surface area contributed by atoms with Gasteiger partial charge in [0.25, 0.3) is 0 Å². The number of nitrogens with one attached hydrogen (secondary N) is 1. The molecule has 9 nitrogen and oxygen atoms in total. The summed E-state index contributed by atoms with van der Waals surface area (Å²) in [5.74, 6) is -0.242. The molecular weight excluding hydrogens is 803 g/mol. The summed E-state index contributed by atoms with van der Waals surface area (Å²) >= 11 is 0. The van der Waals surface area contributed by atoms with Gasteiger partial charge < -0.3 is 40.3 Å². The first-order valence-corrected chi connectivity index (χ1v) is 24.4. The van der Waals surface area contributed by atoms with E-state index in [4.69, 9.17) is 9.47 Å². The number of rotatable bonds is 38. The Kier molecular flexibility index (Phi) is 39.4. The third kappa shape index (κ3) is 32.9. The Hall–Kier alpha value is -3.67. The molecule has 0 aromatic rings. The van der Waals surface area contributed by atoms with E-state index in [9.17, 15) is 30.3 Å². The molecule has 64 heavy (non-hydrogen) atoms. The smallest absolute Gasteiger partial charge is 0.220 e. The molecule has 0 saturated carbocycles. The molecular formula is C55H87NO8. The van der Waals surface area contributed by atoms with Crippen LogP contribution in [0.1, 0.15) is 149 Å². The van der Waals surface area contributed by atoms with Crippen molar-refractivity contribution in [2.24, 2.45) is 0 Å². The largest absolute Gasteiger partial charge is 0.394 e. The van der Waals surface area contributed by atoms with Gasteiger partial charge in [-0.3, -0.25) is 4.79 Å². The molecule has 1 amide bonds. The van der Waals surface area contributed by atoms with Crippen LogP contribution in [0.5, 0.6) is 0 Å². The molecule has 1 aliphatic rings. The van der Waals surface area contributed by atoms with Crippen LogP contribution in [0.25, 0.3) is 0 Å². The summed E-state index contributed by atoms with van der Waals surface area (Å²) in [7, 11) is 0. The van der Waals surface area contributed by atoms with Crippen molar-refractivity contribution in [1.29, 1.82) is 0 Å². The molecule has 1 rings (SSSR count). The van der Waals surface area contributed by atoms with Crippen molar-refractivity contribution >= 4 is 5.91 Å². The standard InChI is InChI=1S/C55H87NO8/c1-3-5-7-9-11-13-15-17-19-20-21-22-23-24-25-26-27-28-29-30-31-33-35-37-39-41-43-45-51(59)56-48(47-63-55-54(62)53(61)52(60)50(46-57)64-55)49(58)44-42-40-38-36-34-32-18-16-14-12-10-8-6-4-2/h5,7,11,13-14,16-17,19,21-22,24-25,27-28,30-31,34-37,42,44,48-50,52-55,57-58,60-62H,3-4,6,8-10,12,15,18,20,23,26,29,32-33,38-41,43,45-47H2,1-2H3,(H,56,59)/b7-5-,13-11-,16-14+,19-17-,22-21-,25-24-,28-27-,31-30-,36-34+,37-35-,44-42+. The lowest BCUT2D eigenvalue weighted by Crippen LogP contribution is -2.60. The number of amides is 1. The van der Waals surface area contributed by atoms with Crippen molar-refractivity contribution in [3.63, 3.8) is 0 Å². The first-order valence-electron chi connectivity index (χ1n) is 24.4. The van der Waals surface area contributed by atoms with E-state index in [1.165, 1.54) is 25.7 Å². The van der Waals surface area contributed by atoms with Gasteiger partial charge in [0.1, 0.15) is 24.4 Å². The Bertz CT molecular complexity index is 1450. The van der Waals surface area contributed by atoms with Crippen molar-refractivity contribution in [2.45, 2.75) is 192 Å². The molecule has 9 heteroatoms. The number of aliphatic hydroxyl groups excluding tert-OH is 5. The number of hydrogen-bond donors (Lipinski definition) is 6. The van der Waals surface area contributed by atoms with Gasteiger partial charge in [0.15, 0.2) is 6.29 Å². The van der Waals surface area contributed by atoms with Crippen LogP contribution in [0, 0.1) is 0 Å². The Morgan fingerprint density at radius 3 is 1.47 bits per heavy atom. The maximum absolute atomic E-state index is 13.0. The molecule has 0 spiro atoms. The molecule has 0 bridgehead atoms. The minimum atomic E-state index is -1.59. The fraction of sp³-hybridized carbons (Fsp3) is 0.582. The lowest BCUT2D eigenvalue weighted by atomic mass is 9.99. The third-order valence-corrected chi connectivity index (χ3v) is 10.4. The molecule has 360 valence electrons. The highest BCUT2D eigenvalue weighted by Crippen LogP contribution is 2.22. The van der Waals surface area contributed by atoms with Crippen LogP contribution in [0.2, 0.25) is 0 Å². The van der Waals surface area contributed by atoms with Crippen LogP contribution >= 0.6 is 0 Å². The summed E-state index contributed by atoms with van der Waals surface area (Å²) in [6.45, 7) is 3.56. The number of unbranched alkanes of at least 4 members (excludes halogenated alkanes) is 8. The molecule has 0 radical (unpaired) electrons. The van der Waals surface area contributed by atoms with E-state index in [0.717, 1.165) is 89.9 Å². The number of allylic oxidation sites excluding steroid dienone is 21. The van der Waals surface area contributed by atoms with E-state index in [-0.39, 0.29) is 18.9 Å². The average molecular weight is 890 g/mol. The van der Waals surface area contributed by atoms with E-state index in [0.29, 0.717) is 12.8 Å². The predicted molar refractivity (Wildman–Crippen MR) is 267 cm³/mol. The first-order chi connectivity index (χ1) is 31.3. The molecule has 6 N–H and O–H groups in total. The Morgan fingerprint density at radius 2 is 0.984 bits per heavy atom. The number of aliphatic hydroxyl groups is 5. The second-order valence-corrected chi connectivity index (χ2v) is 16.1. The van der Waals surface area contributed by atoms with Gasteiger partial charge in [-0.15, -0.1) is 0 Å². The van der Waals surface area contributed by atoms with Gasteiger partial charge in [-0.2, -0.15) is 0 Å². The Morgan fingerprint density at radius 1 is 0.547 bits per heavy atom. The highest BCUT2D eigenvalue weighted by Gasteiger charge is 2.44. The van der Waals surface area contributed by atoms with Gasteiger partial charge in [0.05, 0.1) is 25.4 Å². The summed E-state index contributed by atoms with van der Waals surface area (Å²) in [5, 5.41) is 54.2. The monoisotopic (exact) mass is 890 g/mol. The van der Waals surface area contributed by atoms with E-state index in [1.54, 1.807) is 6.08 Å². The molecule has 0 aliphatic carbocycles. The van der Waals surface area contributed by atoms with Gasteiger partial charge >= 0.3 is 0 Å². The zero-order valence-corrected chi connectivity index (χ0v) is 39.5. The second kappa shape index (κ2) is 43.2. The number of carbonyl (C=O) groups excluding carboxylic acids is 1.